The van der Waals surface area contributed by atoms with E-state index in [-0.39, 0.29) is 17.9 Å². The minimum Gasteiger partial charge on any atom is -0.466 e. The highest BCUT2D eigenvalue weighted by Crippen LogP contribution is 2.45. The Balaban J connectivity index is 1.89. The van der Waals surface area contributed by atoms with Crippen LogP contribution in [0.3, 0.4) is 0 Å². The lowest BCUT2D eigenvalue weighted by Gasteiger charge is -2.40. The Labute approximate surface area is 182 Å². The topological polar surface area (TPSA) is 93.1 Å². The number of hydrogen-bond donors (Lipinski definition) is 1. The second kappa shape index (κ2) is 8.45. The predicted octanol–water partition coefficient (Wildman–Crippen LogP) is 2.90. The van der Waals surface area contributed by atoms with Gasteiger partial charge in [-0.1, -0.05) is 48.0 Å². The van der Waals surface area contributed by atoms with E-state index in [0.717, 1.165) is 5.56 Å². The normalized spacial score (nSPS) is 25.6. The molecule has 1 unspecified atom stereocenters. The quantitative estimate of drug-likeness (QED) is 0.715. The maximum atomic E-state index is 13.7. The predicted molar refractivity (Wildman–Crippen MR) is 114 cm³/mol. The van der Waals surface area contributed by atoms with Gasteiger partial charge in [0.05, 0.1) is 23.1 Å². The lowest BCUT2D eigenvalue weighted by atomic mass is 9.84. The lowest BCUT2D eigenvalue weighted by molar-refractivity contribution is -0.151. The van der Waals surface area contributed by atoms with Gasteiger partial charge in [0.25, 0.3) is 10.0 Å². The molecule has 1 fully saturated rings. The van der Waals surface area contributed by atoms with Gasteiger partial charge in [0.1, 0.15) is 0 Å². The maximum Gasteiger partial charge on any atom is 0.313 e. The largest absolute Gasteiger partial charge is 0.466 e. The Kier molecular flexibility index (Phi) is 5.88. The zero-order valence-electron chi connectivity index (χ0n) is 17.3. The van der Waals surface area contributed by atoms with Gasteiger partial charge in [0.2, 0.25) is 0 Å². The molecule has 31 heavy (non-hydrogen) atoms. The molecule has 0 spiro atoms. The highest BCUT2D eigenvalue weighted by atomic mass is 32.2. The summed E-state index contributed by atoms with van der Waals surface area (Å²) >= 11 is 0. The van der Waals surface area contributed by atoms with Gasteiger partial charge in [-0.25, -0.2) is 12.7 Å². The standard InChI is InChI=1S/C23H25NO6S/c1-3-29-23(26)19-13-20(16-7-5-4-6-8-16)24(22-18(19)14-21(25)30-22)31(27,28)17-11-9-15(2)10-12-17/h4-13,18-19,21-22,25H,3,14H2,1-2H3/t18-,19+,21?,22-/m1/s1. The molecule has 2 aliphatic heterocycles. The number of nitrogens with zero attached hydrogens (tertiary/aromatic N) is 1. The average Bonchev–Trinajstić information content (AvgIpc) is 3.14. The lowest BCUT2D eigenvalue weighted by Crippen LogP contribution is -2.48. The minimum atomic E-state index is -4.04. The van der Waals surface area contributed by atoms with E-state index in [0.29, 0.717) is 11.3 Å². The summed E-state index contributed by atoms with van der Waals surface area (Å²) < 4.78 is 39.6. The molecule has 0 amide bonds. The van der Waals surface area contributed by atoms with Crippen LogP contribution >= 0.6 is 0 Å². The summed E-state index contributed by atoms with van der Waals surface area (Å²) in [4.78, 5) is 12.8. The van der Waals surface area contributed by atoms with Crippen LogP contribution in [0.2, 0.25) is 0 Å². The molecule has 1 N–H and O–H groups in total. The molecule has 2 heterocycles. The highest BCUT2D eigenvalue weighted by Gasteiger charge is 2.52. The molecule has 0 radical (unpaired) electrons. The molecule has 2 aromatic rings. The van der Waals surface area contributed by atoms with E-state index in [9.17, 15) is 18.3 Å². The number of carbonyl (C=O) groups is 1. The number of fused-ring (bicyclic) bond motifs is 1. The van der Waals surface area contributed by atoms with Crippen molar-refractivity contribution < 1.29 is 27.8 Å². The number of rotatable bonds is 5. The van der Waals surface area contributed by atoms with Crippen LogP contribution in [0.4, 0.5) is 0 Å². The van der Waals surface area contributed by atoms with Gasteiger partial charge in [-0.3, -0.25) is 4.79 Å². The molecule has 8 heteroatoms. The summed E-state index contributed by atoms with van der Waals surface area (Å²) in [6.07, 6.45) is -0.448. The Hall–Kier alpha value is -2.68. The first-order valence-electron chi connectivity index (χ1n) is 10.2. The van der Waals surface area contributed by atoms with Crippen LogP contribution in [0.5, 0.6) is 0 Å². The Morgan fingerprint density at radius 1 is 1.16 bits per heavy atom. The molecule has 7 nitrogen and oxygen atoms in total. The summed E-state index contributed by atoms with van der Waals surface area (Å²) in [6.45, 7) is 3.80. The molecule has 2 aliphatic rings. The molecule has 1 saturated heterocycles. The van der Waals surface area contributed by atoms with Gasteiger partial charge < -0.3 is 14.6 Å². The van der Waals surface area contributed by atoms with Crippen molar-refractivity contribution in [3.8, 4) is 0 Å². The van der Waals surface area contributed by atoms with Gasteiger partial charge in [0.15, 0.2) is 12.5 Å². The van der Waals surface area contributed by atoms with Crippen LogP contribution in [0.1, 0.15) is 24.5 Å². The number of hydrogen-bond acceptors (Lipinski definition) is 6. The van der Waals surface area contributed by atoms with E-state index in [4.69, 9.17) is 9.47 Å². The first-order chi connectivity index (χ1) is 14.8. The summed E-state index contributed by atoms with van der Waals surface area (Å²) in [7, 11) is -4.04. The average molecular weight is 444 g/mol. The van der Waals surface area contributed by atoms with Crippen LogP contribution < -0.4 is 0 Å². The van der Waals surface area contributed by atoms with Gasteiger partial charge in [-0.15, -0.1) is 0 Å². The minimum absolute atomic E-state index is 0.109. The number of aryl methyl sites for hydroxylation is 1. The van der Waals surface area contributed by atoms with Crippen LogP contribution in [-0.2, 0) is 24.3 Å². The molecule has 0 bridgehead atoms. The van der Waals surface area contributed by atoms with Crippen molar-refractivity contribution in [3.05, 3.63) is 71.8 Å². The third kappa shape index (κ3) is 3.98. The molecule has 0 saturated carbocycles. The third-order valence-electron chi connectivity index (χ3n) is 5.61. The van der Waals surface area contributed by atoms with Crippen molar-refractivity contribution in [1.82, 2.24) is 4.31 Å². The van der Waals surface area contributed by atoms with Gasteiger partial charge in [0, 0.05) is 12.3 Å². The number of benzene rings is 2. The molecule has 2 aromatic carbocycles. The fourth-order valence-corrected chi connectivity index (χ4v) is 5.74. The third-order valence-corrected chi connectivity index (χ3v) is 7.40. The fourth-order valence-electron chi connectivity index (χ4n) is 4.13. The van der Waals surface area contributed by atoms with E-state index >= 15 is 0 Å². The number of esters is 1. The SMILES string of the molecule is CCOC(=O)[C@H]1C=C(c2ccccc2)N(S(=O)(=O)c2ccc(C)cc2)[C@@H]2OC(O)C[C@H]12. The molecule has 4 atom stereocenters. The number of aliphatic hydroxyl groups excluding tert-OH is 1. The van der Waals surface area contributed by atoms with E-state index in [1.54, 1.807) is 61.5 Å². The fraction of sp³-hybridized carbons (Fsp3) is 0.348. The van der Waals surface area contributed by atoms with Crippen molar-refractivity contribution in [2.24, 2.45) is 11.8 Å². The molecule has 0 aliphatic carbocycles. The Morgan fingerprint density at radius 3 is 2.48 bits per heavy atom. The summed E-state index contributed by atoms with van der Waals surface area (Å²) in [6, 6.07) is 15.5. The number of ether oxygens (including phenoxy) is 2. The Bertz CT molecular complexity index is 1080. The maximum absolute atomic E-state index is 13.7. The molecular formula is C23H25NO6S. The monoisotopic (exact) mass is 443 g/mol. The van der Waals surface area contributed by atoms with Crippen molar-refractivity contribution in [1.29, 1.82) is 0 Å². The number of sulfonamides is 1. The van der Waals surface area contributed by atoms with Crippen LogP contribution in [0.25, 0.3) is 5.70 Å². The van der Waals surface area contributed by atoms with E-state index in [1.807, 2.05) is 13.0 Å². The zero-order valence-corrected chi connectivity index (χ0v) is 18.2. The van der Waals surface area contributed by atoms with Crippen molar-refractivity contribution in [3.63, 3.8) is 0 Å². The molecular weight excluding hydrogens is 418 g/mol. The Morgan fingerprint density at radius 2 is 1.84 bits per heavy atom. The van der Waals surface area contributed by atoms with Crippen LogP contribution in [-0.4, -0.2) is 42.9 Å². The van der Waals surface area contributed by atoms with Gasteiger partial charge >= 0.3 is 5.97 Å². The highest BCUT2D eigenvalue weighted by molar-refractivity contribution is 7.89. The summed E-state index contributed by atoms with van der Waals surface area (Å²) in [5, 5.41) is 10.2. The number of carbonyl (C=O) groups excluding carboxylic acids is 1. The van der Waals surface area contributed by atoms with Crippen molar-refractivity contribution in [2.45, 2.75) is 37.7 Å². The zero-order chi connectivity index (χ0) is 22.2. The smallest absolute Gasteiger partial charge is 0.313 e. The van der Waals surface area contributed by atoms with E-state index in [1.165, 1.54) is 4.31 Å². The van der Waals surface area contributed by atoms with Crippen LogP contribution in [0.15, 0.2) is 65.6 Å². The molecule has 4 rings (SSSR count). The van der Waals surface area contributed by atoms with E-state index < -0.39 is 40.3 Å². The van der Waals surface area contributed by atoms with Crippen molar-refractivity contribution >= 4 is 21.7 Å². The number of aliphatic hydroxyl groups is 1. The second-order valence-electron chi connectivity index (χ2n) is 7.69. The van der Waals surface area contributed by atoms with Gasteiger partial charge in [-0.05, 0) is 37.6 Å². The van der Waals surface area contributed by atoms with Crippen molar-refractivity contribution in [2.75, 3.05) is 6.61 Å². The summed E-state index contributed by atoms with van der Waals surface area (Å²) in [5.74, 6) is -1.76. The first kappa shape index (κ1) is 21.5. The summed E-state index contributed by atoms with van der Waals surface area (Å²) in [5.41, 5.74) is 1.88. The first-order valence-corrected chi connectivity index (χ1v) is 11.7. The van der Waals surface area contributed by atoms with E-state index in [2.05, 4.69) is 0 Å². The van der Waals surface area contributed by atoms with Gasteiger partial charge in [-0.2, -0.15) is 0 Å². The second-order valence-corrected chi connectivity index (χ2v) is 9.51. The molecule has 164 valence electrons. The van der Waals surface area contributed by atoms with Crippen LogP contribution in [0, 0.1) is 18.8 Å². The molecule has 0 aromatic heterocycles.